The predicted molar refractivity (Wildman–Crippen MR) is 117 cm³/mol. The lowest BCUT2D eigenvalue weighted by atomic mass is 9.88. The highest BCUT2D eigenvalue weighted by Gasteiger charge is 2.10. The van der Waals surface area contributed by atoms with Crippen LogP contribution in [0.5, 0.6) is 0 Å². The molecule has 0 spiro atoms. The fourth-order valence-corrected chi connectivity index (χ4v) is 3.04. The number of hydrogen-bond donors (Lipinski definition) is 0. The van der Waals surface area contributed by atoms with Crippen LogP contribution in [0.1, 0.15) is 92.9 Å². The van der Waals surface area contributed by atoms with Crippen LogP contribution in [0.25, 0.3) is 0 Å². The first-order chi connectivity index (χ1) is 11.8. The van der Waals surface area contributed by atoms with Crippen molar-refractivity contribution in [1.29, 1.82) is 0 Å². The van der Waals surface area contributed by atoms with E-state index in [9.17, 15) is 0 Å². The molecule has 0 aliphatic rings. The highest BCUT2D eigenvalue weighted by Crippen LogP contribution is 2.26. The molecule has 0 unspecified atom stereocenters. The molecule has 0 aromatic heterocycles. The summed E-state index contributed by atoms with van der Waals surface area (Å²) in [5.41, 5.74) is 4.28. The van der Waals surface area contributed by atoms with Gasteiger partial charge in [0, 0.05) is 0 Å². The second-order valence-corrected chi connectivity index (χ2v) is 8.59. The smallest absolute Gasteiger partial charge is 0.0168 e. The van der Waals surface area contributed by atoms with Crippen molar-refractivity contribution in [1.82, 2.24) is 0 Å². The van der Waals surface area contributed by atoms with Crippen LogP contribution in [0.4, 0.5) is 0 Å². The van der Waals surface area contributed by atoms with Crippen LogP contribution in [0.3, 0.4) is 0 Å². The van der Waals surface area contributed by atoms with Gasteiger partial charge in [0.25, 0.3) is 0 Å². The molecule has 0 heteroatoms. The van der Waals surface area contributed by atoms with Gasteiger partial charge in [-0.2, -0.15) is 0 Å². The van der Waals surface area contributed by atoms with Crippen molar-refractivity contribution >= 4 is 0 Å². The molecule has 25 heavy (non-hydrogen) atoms. The zero-order chi connectivity index (χ0) is 19.2. The summed E-state index contributed by atoms with van der Waals surface area (Å²) in [6.45, 7) is 21.8. The number of rotatable bonds is 14. The van der Waals surface area contributed by atoms with E-state index in [1.54, 1.807) is 11.1 Å². The lowest BCUT2D eigenvalue weighted by molar-refractivity contribution is 0.545. The fourth-order valence-electron chi connectivity index (χ4n) is 3.04. The van der Waals surface area contributed by atoms with Crippen LogP contribution in [0.2, 0.25) is 0 Å². The van der Waals surface area contributed by atoms with E-state index in [0.717, 1.165) is 23.8 Å². The highest BCUT2D eigenvalue weighted by molar-refractivity contribution is 5.13. The van der Waals surface area contributed by atoms with Gasteiger partial charge in [-0.25, -0.2) is 0 Å². The van der Waals surface area contributed by atoms with Crippen LogP contribution in [-0.2, 0) is 0 Å². The van der Waals surface area contributed by atoms with E-state index in [2.05, 4.69) is 66.9 Å². The molecule has 1 atom stereocenters. The molecule has 0 aromatic carbocycles. The van der Waals surface area contributed by atoms with Crippen molar-refractivity contribution in [3.05, 3.63) is 48.1 Å². The summed E-state index contributed by atoms with van der Waals surface area (Å²) in [6, 6.07) is 0. The first-order valence-electron chi connectivity index (χ1n) is 10.4. The lowest BCUT2D eigenvalue weighted by Gasteiger charge is -2.18. The minimum Gasteiger partial charge on any atom is -0.0988 e. The predicted octanol–water partition coefficient (Wildman–Crippen LogP) is 8.67. The van der Waals surface area contributed by atoms with E-state index in [1.165, 1.54) is 44.9 Å². The van der Waals surface area contributed by atoms with E-state index in [-0.39, 0.29) is 0 Å². The van der Waals surface area contributed by atoms with Crippen LogP contribution in [0, 0.1) is 17.8 Å². The molecule has 0 aromatic rings. The zero-order valence-electron chi connectivity index (χ0n) is 18.0. The Balaban J connectivity index is 4.70. The lowest BCUT2D eigenvalue weighted by Crippen LogP contribution is -2.03. The molecule has 0 heterocycles. The maximum absolute atomic E-state index is 4.09. The maximum atomic E-state index is 4.09. The van der Waals surface area contributed by atoms with E-state index in [4.69, 9.17) is 0 Å². The van der Waals surface area contributed by atoms with Crippen molar-refractivity contribution < 1.29 is 0 Å². The third-order valence-corrected chi connectivity index (χ3v) is 5.06. The Hall–Kier alpha value is -1.04. The van der Waals surface area contributed by atoms with E-state index in [1.807, 2.05) is 6.08 Å². The molecule has 144 valence electrons. The van der Waals surface area contributed by atoms with Gasteiger partial charge in [0.1, 0.15) is 0 Å². The topological polar surface area (TPSA) is 0 Å². The Labute approximate surface area is 159 Å². The Morgan fingerprint density at radius 2 is 1.52 bits per heavy atom. The standard InChI is InChI=1S/C25H44/c1-9-22(6)16-18-25(24(8)15-11-13-21(4)5)19-17-23(7)14-10-12-20(2)3/h9,15,17,20-21,25H,1,6,10-14,16,18-19H2,2-5,7-8H3/b23-17+,24-15+/t25-/m1/s1. The Morgan fingerprint density at radius 1 is 0.880 bits per heavy atom. The Bertz CT molecular complexity index is 431. The second kappa shape index (κ2) is 14.2. The van der Waals surface area contributed by atoms with Gasteiger partial charge in [-0.3, -0.25) is 0 Å². The Morgan fingerprint density at radius 3 is 2.08 bits per heavy atom. The second-order valence-electron chi connectivity index (χ2n) is 8.59. The summed E-state index contributed by atoms with van der Waals surface area (Å²) < 4.78 is 0. The molecule has 0 N–H and O–H groups in total. The van der Waals surface area contributed by atoms with Gasteiger partial charge < -0.3 is 0 Å². The van der Waals surface area contributed by atoms with E-state index < -0.39 is 0 Å². The third-order valence-electron chi connectivity index (χ3n) is 5.06. The molecule has 0 fully saturated rings. The largest absolute Gasteiger partial charge is 0.0988 e. The van der Waals surface area contributed by atoms with Gasteiger partial charge in [-0.1, -0.05) is 82.2 Å². The monoisotopic (exact) mass is 344 g/mol. The van der Waals surface area contributed by atoms with Crippen molar-refractivity contribution in [3.8, 4) is 0 Å². The van der Waals surface area contributed by atoms with Gasteiger partial charge in [0.05, 0.1) is 0 Å². The average Bonchev–Trinajstić information content (AvgIpc) is 2.53. The maximum Gasteiger partial charge on any atom is -0.0168 e. The molecular formula is C25H44. The Kier molecular flexibility index (Phi) is 13.6. The third kappa shape index (κ3) is 13.9. The summed E-state index contributed by atoms with van der Waals surface area (Å²) in [5, 5.41) is 0. The first kappa shape index (κ1) is 24.0. The van der Waals surface area contributed by atoms with Crippen LogP contribution in [-0.4, -0.2) is 0 Å². The van der Waals surface area contributed by atoms with Gasteiger partial charge in [0.15, 0.2) is 0 Å². The normalized spacial score (nSPS) is 14.2. The van der Waals surface area contributed by atoms with E-state index in [0.29, 0.717) is 5.92 Å². The number of allylic oxidation sites excluding steroid dienone is 6. The van der Waals surface area contributed by atoms with Crippen molar-refractivity contribution in [2.45, 2.75) is 92.9 Å². The minimum absolute atomic E-state index is 0.643. The van der Waals surface area contributed by atoms with Crippen molar-refractivity contribution in [2.24, 2.45) is 17.8 Å². The van der Waals surface area contributed by atoms with Crippen LogP contribution < -0.4 is 0 Å². The minimum atomic E-state index is 0.643. The number of hydrogen-bond acceptors (Lipinski definition) is 0. The zero-order valence-corrected chi connectivity index (χ0v) is 18.0. The van der Waals surface area contributed by atoms with Crippen molar-refractivity contribution in [2.75, 3.05) is 0 Å². The summed E-state index contributed by atoms with van der Waals surface area (Å²) in [4.78, 5) is 0. The summed E-state index contributed by atoms with van der Waals surface area (Å²) in [7, 11) is 0. The molecule has 0 aliphatic carbocycles. The van der Waals surface area contributed by atoms with Gasteiger partial charge in [-0.05, 0) is 76.5 Å². The summed E-state index contributed by atoms with van der Waals surface area (Å²) in [5.74, 6) is 2.24. The van der Waals surface area contributed by atoms with Gasteiger partial charge in [0.2, 0.25) is 0 Å². The molecule has 0 radical (unpaired) electrons. The molecule has 0 aliphatic heterocycles. The van der Waals surface area contributed by atoms with Gasteiger partial charge >= 0.3 is 0 Å². The molecule has 0 rings (SSSR count). The molecule has 0 saturated heterocycles. The van der Waals surface area contributed by atoms with Crippen molar-refractivity contribution in [3.63, 3.8) is 0 Å². The molecule has 0 saturated carbocycles. The highest BCUT2D eigenvalue weighted by atomic mass is 14.2. The molecular weight excluding hydrogens is 300 g/mol. The van der Waals surface area contributed by atoms with Gasteiger partial charge in [-0.15, -0.1) is 0 Å². The fraction of sp³-hybridized carbons (Fsp3) is 0.680. The molecule has 0 nitrogen and oxygen atoms in total. The quantitative estimate of drug-likeness (QED) is 0.218. The molecule has 0 amide bonds. The SMILES string of the molecule is C=CC(=C)CC[C@H](C/C=C(\C)CCCC(C)C)/C(C)=C/CCC(C)C. The average molecular weight is 345 g/mol. The molecule has 0 bridgehead atoms. The first-order valence-corrected chi connectivity index (χ1v) is 10.4. The summed E-state index contributed by atoms with van der Waals surface area (Å²) in [6.07, 6.45) is 16.7. The summed E-state index contributed by atoms with van der Waals surface area (Å²) >= 11 is 0. The van der Waals surface area contributed by atoms with Crippen LogP contribution >= 0.6 is 0 Å². The van der Waals surface area contributed by atoms with Crippen LogP contribution in [0.15, 0.2) is 48.1 Å². The van der Waals surface area contributed by atoms with E-state index >= 15 is 0 Å².